The van der Waals surface area contributed by atoms with Crippen molar-refractivity contribution in [3.8, 4) is 112 Å². The predicted octanol–water partition coefficient (Wildman–Crippen LogP) is 17.0. The van der Waals surface area contributed by atoms with Gasteiger partial charge in [-0.25, -0.2) is 0 Å². The summed E-state index contributed by atoms with van der Waals surface area (Å²) in [6.07, 6.45) is 8.78. The van der Waals surface area contributed by atoms with Gasteiger partial charge in [-0.1, -0.05) is 152 Å². The van der Waals surface area contributed by atoms with Gasteiger partial charge in [0.05, 0.1) is 12.4 Å². The van der Waals surface area contributed by atoms with Crippen molar-refractivity contribution in [3.63, 3.8) is 0 Å². The molecule has 0 aliphatic rings. The van der Waals surface area contributed by atoms with E-state index in [2.05, 4.69) is 138 Å². The molecule has 0 saturated carbocycles. The SMILES string of the molecule is [2H]c1[c-]c(-n2cc(-c3ccccc3-c3cc(-c4ccccc4-c4ccc(-c5[c-]ccc(-c6ccc(-c7ccccc7)c7ccccc67)c5)nc4)cc(-c4ccccc4-c4cnn(-c5[c-]c([2H])c([2H])c([2H])c5[2H])c4)c3)cn2)c([2H])c([2H])c1[2H].[Ir+3]. The predicted molar refractivity (Wildman–Crippen MR) is 301 cm³/mol. The molecule has 13 rings (SSSR count). The molecule has 75 heavy (non-hydrogen) atoms. The molecule has 0 amide bonds. The summed E-state index contributed by atoms with van der Waals surface area (Å²) >= 11 is 0. The summed E-state index contributed by atoms with van der Waals surface area (Å²) < 4.78 is 69.4. The topological polar surface area (TPSA) is 48.5 Å². The zero-order valence-corrected chi connectivity index (χ0v) is 42.2. The van der Waals surface area contributed by atoms with Gasteiger partial charge in [0.1, 0.15) is 0 Å². The van der Waals surface area contributed by atoms with E-state index in [1.165, 1.54) is 25.9 Å². The van der Waals surface area contributed by atoms with E-state index < -0.39 is 0 Å². The van der Waals surface area contributed by atoms with E-state index >= 15 is 0 Å². The van der Waals surface area contributed by atoms with Gasteiger partial charge < -0.3 is 4.98 Å². The Hall–Kier alpha value is -9.32. The van der Waals surface area contributed by atoms with Crippen LogP contribution < -0.4 is 0 Å². The van der Waals surface area contributed by atoms with E-state index in [0.717, 1.165) is 94.5 Å². The van der Waals surface area contributed by atoms with E-state index in [-0.39, 0.29) is 79.8 Å². The maximum atomic E-state index is 8.62. The van der Waals surface area contributed by atoms with Crippen LogP contribution in [0.3, 0.4) is 0 Å². The first kappa shape index (κ1) is 38.3. The Bertz CT molecular complexity index is 4470. The summed E-state index contributed by atoms with van der Waals surface area (Å²) in [7, 11) is 0. The fraction of sp³-hybridized carbons (Fsp3) is 0. The summed E-state index contributed by atoms with van der Waals surface area (Å²) in [6.45, 7) is 0. The third kappa shape index (κ3) is 9.26. The van der Waals surface area contributed by atoms with Gasteiger partial charge in [0.15, 0.2) is 0 Å². The fourth-order valence-corrected chi connectivity index (χ4v) is 9.85. The molecule has 3 aromatic heterocycles. The minimum Gasteiger partial charge on any atom is -0.304 e. The zero-order chi connectivity index (χ0) is 56.2. The number of para-hydroxylation sites is 2. The molecule has 0 saturated heterocycles. The van der Waals surface area contributed by atoms with Crippen LogP contribution in [0.25, 0.3) is 122 Å². The minimum absolute atomic E-state index is 0. The van der Waals surface area contributed by atoms with Gasteiger partial charge in [-0.2, -0.15) is 58.6 Å². The average Bonchev–Trinajstić information content (AvgIpc) is 4.40. The molecule has 0 aliphatic carbocycles. The molecule has 0 aliphatic heterocycles. The Kier molecular flexibility index (Phi) is 10.6. The Morgan fingerprint density at radius 2 is 0.827 bits per heavy atom. The average molecular weight is 1140 g/mol. The van der Waals surface area contributed by atoms with Crippen LogP contribution in [0.15, 0.2) is 267 Å². The van der Waals surface area contributed by atoms with Crippen molar-refractivity contribution in [1.29, 1.82) is 0 Å². The molecule has 0 N–H and O–H groups in total. The van der Waals surface area contributed by atoms with E-state index in [1.807, 2.05) is 85.1 Å². The van der Waals surface area contributed by atoms with Crippen molar-refractivity contribution >= 4 is 10.8 Å². The molecule has 10 aromatic carbocycles. The van der Waals surface area contributed by atoms with Gasteiger partial charge in [0.25, 0.3) is 0 Å². The van der Waals surface area contributed by atoms with Crippen LogP contribution in [-0.4, -0.2) is 24.5 Å². The maximum absolute atomic E-state index is 8.62. The first-order valence-electron chi connectivity index (χ1n) is 28.1. The largest absolute Gasteiger partial charge is 3.00 e. The number of nitrogens with zero attached hydrogens (tertiary/aromatic N) is 5. The molecule has 354 valence electrons. The van der Waals surface area contributed by atoms with Gasteiger partial charge in [0.2, 0.25) is 0 Å². The Labute approximate surface area is 461 Å². The van der Waals surface area contributed by atoms with Crippen molar-refractivity contribution in [2.75, 3.05) is 0 Å². The molecule has 0 unspecified atom stereocenters. The van der Waals surface area contributed by atoms with Crippen LogP contribution >= 0.6 is 0 Å². The second-order valence-electron chi connectivity index (χ2n) is 17.7. The standard InChI is InChI=1S/C69H44N5.Ir/c1-4-19-48(20-5-1)65-36-37-66(68-34-17-16-33-67(65)68)49-21-18-22-50(39-49)69-38-35-51(43-70-69)59-27-10-11-28-60(59)52-40-53(61-29-12-14-31-63(61)55-44-71-73(46-55)57-23-6-2-7-24-57)42-54(41-52)62-30-13-15-32-64(62)56-45-72-74(47-56)58-25-8-3-9-26-58;/h1-21,23,25,27-47H;/q-3;+3/i2D,3D,6D,7D,8D,9D,23D,25D;. The molecular formula is C69H44IrN5. The van der Waals surface area contributed by atoms with E-state index in [4.69, 9.17) is 16.0 Å². The van der Waals surface area contributed by atoms with Gasteiger partial charge >= 0.3 is 20.1 Å². The van der Waals surface area contributed by atoms with Gasteiger partial charge in [-0.15, -0.1) is 47.5 Å². The number of hydrogen-bond acceptors (Lipinski definition) is 3. The van der Waals surface area contributed by atoms with Gasteiger partial charge in [-0.05, 0) is 124 Å². The third-order valence-electron chi connectivity index (χ3n) is 13.3. The molecule has 5 nitrogen and oxygen atoms in total. The summed E-state index contributed by atoms with van der Waals surface area (Å²) in [5, 5.41) is 11.5. The fourth-order valence-electron chi connectivity index (χ4n) is 9.85. The molecule has 0 fully saturated rings. The van der Waals surface area contributed by atoms with E-state index in [0.29, 0.717) is 0 Å². The van der Waals surface area contributed by atoms with Crippen molar-refractivity contribution in [2.24, 2.45) is 0 Å². The Morgan fingerprint density at radius 3 is 1.33 bits per heavy atom. The number of rotatable bonds is 11. The van der Waals surface area contributed by atoms with Gasteiger partial charge in [-0.3, -0.25) is 9.36 Å². The molecule has 6 heteroatoms. The van der Waals surface area contributed by atoms with Crippen LogP contribution in [0.4, 0.5) is 0 Å². The number of hydrogen-bond donors (Lipinski definition) is 0. The van der Waals surface area contributed by atoms with Crippen LogP contribution in [0.2, 0.25) is 0 Å². The van der Waals surface area contributed by atoms with Crippen LogP contribution in [0, 0.1) is 18.2 Å². The van der Waals surface area contributed by atoms with E-state index in [1.54, 1.807) is 24.8 Å². The van der Waals surface area contributed by atoms with Crippen molar-refractivity contribution in [1.82, 2.24) is 24.5 Å². The van der Waals surface area contributed by atoms with Crippen molar-refractivity contribution in [2.45, 2.75) is 0 Å². The molecule has 0 spiro atoms. The second-order valence-corrected chi connectivity index (χ2v) is 17.7. The molecule has 0 radical (unpaired) electrons. The Balaban J connectivity index is 0.00000680. The summed E-state index contributed by atoms with van der Waals surface area (Å²) in [4.78, 5) is 5.08. The number of aromatic nitrogens is 5. The number of pyridine rings is 1. The monoisotopic (exact) mass is 1140 g/mol. The zero-order valence-electron chi connectivity index (χ0n) is 47.9. The number of benzene rings is 10. The normalized spacial score (nSPS) is 12.6. The van der Waals surface area contributed by atoms with Crippen molar-refractivity contribution in [3.05, 3.63) is 286 Å². The van der Waals surface area contributed by atoms with Crippen LogP contribution in [0.1, 0.15) is 11.0 Å². The summed E-state index contributed by atoms with van der Waals surface area (Å²) in [5.41, 5.74) is 16.8. The maximum Gasteiger partial charge on any atom is 3.00 e. The number of fused-ring (bicyclic) bond motifs is 1. The first-order valence-corrected chi connectivity index (χ1v) is 24.1. The third-order valence-corrected chi connectivity index (χ3v) is 13.3. The quantitative estimate of drug-likeness (QED) is 0.121. The Morgan fingerprint density at radius 1 is 0.360 bits per heavy atom. The summed E-state index contributed by atoms with van der Waals surface area (Å²) in [6, 6.07) is 70.9. The van der Waals surface area contributed by atoms with Gasteiger partial charge in [0, 0.05) is 35.2 Å². The molecule has 0 atom stereocenters. The smallest absolute Gasteiger partial charge is 0.304 e. The molecule has 3 heterocycles. The molecule has 13 aromatic rings. The first-order chi connectivity index (χ1) is 40.0. The molecular weight excluding hydrogens is 1090 g/mol. The summed E-state index contributed by atoms with van der Waals surface area (Å²) in [5.74, 6) is 0. The minimum atomic E-state index is -0.370. The van der Waals surface area contributed by atoms with Crippen molar-refractivity contribution < 1.29 is 31.1 Å². The van der Waals surface area contributed by atoms with E-state index in [9.17, 15) is 0 Å². The van der Waals surface area contributed by atoms with Crippen LogP contribution in [-0.2, 0) is 20.1 Å². The molecule has 0 bridgehead atoms. The second kappa shape index (κ2) is 20.7. The van der Waals surface area contributed by atoms with Crippen LogP contribution in [0.5, 0.6) is 0 Å².